The molecule has 0 heterocycles. The van der Waals surface area contributed by atoms with E-state index in [1.165, 1.54) is 0 Å². The summed E-state index contributed by atoms with van der Waals surface area (Å²) in [5.41, 5.74) is 10.7. The average molecular weight is 117 g/mol. The van der Waals surface area contributed by atoms with Crippen molar-refractivity contribution in [2.24, 2.45) is 11.5 Å². The van der Waals surface area contributed by atoms with Gasteiger partial charge < -0.3 is 16.8 Å². The predicted octanol–water partition coefficient (Wildman–Crippen LogP) is -1.12. The Morgan fingerprint density at radius 2 is 1.88 bits per heavy atom. The Hall–Kier alpha value is -0.120. The number of nitrogens with two attached hydrogens (primary N) is 2. The molecular formula is C5H15N3. The maximum absolute atomic E-state index is 5.33. The van der Waals surface area contributed by atoms with E-state index in [0.717, 1.165) is 6.54 Å². The molecule has 0 rings (SSSR count). The molecule has 0 unspecified atom stereocenters. The van der Waals surface area contributed by atoms with Gasteiger partial charge in [0.1, 0.15) is 0 Å². The number of rotatable bonds is 4. The van der Waals surface area contributed by atoms with Crippen LogP contribution in [0.1, 0.15) is 6.92 Å². The van der Waals surface area contributed by atoms with Crippen molar-refractivity contribution in [3.05, 3.63) is 0 Å². The molecule has 0 aliphatic heterocycles. The van der Waals surface area contributed by atoms with Gasteiger partial charge in [0, 0.05) is 19.1 Å². The Morgan fingerprint density at radius 3 is 2.00 bits per heavy atom. The topological polar surface area (TPSA) is 64.1 Å². The van der Waals surface area contributed by atoms with Crippen molar-refractivity contribution in [3.63, 3.8) is 0 Å². The summed E-state index contributed by atoms with van der Waals surface area (Å²) in [7, 11) is 0. The molecule has 0 spiro atoms. The van der Waals surface area contributed by atoms with E-state index in [1.54, 1.807) is 0 Å². The van der Waals surface area contributed by atoms with Gasteiger partial charge in [-0.2, -0.15) is 0 Å². The summed E-state index contributed by atoms with van der Waals surface area (Å²) >= 11 is 0. The second-order valence-corrected chi connectivity index (χ2v) is 1.73. The molecule has 0 aromatic rings. The standard InChI is InChI=1S/C5H15N3/c1-2-8-5(3-6)4-7/h5,8H,2-4,6-7H2,1H3. The van der Waals surface area contributed by atoms with E-state index in [1.807, 2.05) is 6.92 Å². The summed E-state index contributed by atoms with van der Waals surface area (Å²) in [6, 6.07) is 0.306. The van der Waals surface area contributed by atoms with Gasteiger partial charge in [-0.05, 0) is 6.54 Å². The lowest BCUT2D eigenvalue weighted by Crippen LogP contribution is -2.41. The third-order valence-corrected chi connectivity index (χ3v) is 1.06. The molecular weight excluding hydrogens is 102 g/mol. The van der Waals surface area contributed by atoms with E-state index >= 15 is 0 Å². The van der Waals surface area contributed by atoms with Gasteiger partial charge in [0.15, 0.2) is 0 Å². The zero-order valence-electron chi connectivity index (χ0n) is 5.35. The molecule has 0 bridgehead atoms. The lowest BCUT2D eigenvalue weighted by Gasteiger charge is -2.11. The van der Waals surface area contributed by atoms with Crippen LogP contribution in [-0.2, 0) is 0 Å². The van der Waals surface area contributed by atoms with Crippen molar-refractivity contribution in [2.75, 3.05) is 19.6 Å². The van der Waals surface area contributed by atoms with Crippen LogP contribution in [0.4, 0.5) is 0 Å². The van der Waals surface area contributed by atoms with E-state index in [2.05, 4.69) is 5.32 Å². The van der Waals surface area contributed by atoms with Crippen molar-refractivity contribution >= 4 is 0 Å². The van der Waals surface area contributed by atoms with E-state index in [0.29, 0.717) is 19.1 Å². The molecule has 0 amide bonds. The van der Waals surface area contributed by atoms with Crippen LogP contribution in [0.5, 0.6) is 0 Å². The molecule has 8 heavy (non-hydrogen) atoms. The predicted molar refractivity (Wildman–Crippen MR) is 35.6 cm³/mol. The van der Waals surface area contributed by atoms with E-state index < -0.39 is 0 Å². The largest absolute Gasteiger partial charge is 0.329 e. The van der Waals surface area contributed by atoms with E-state index in [-0.39, 0.29) is 0 Å². The molecule has 0 aliphatic carbocycles. The number of likely N-dealkylation sites (N-methyl/N-ethyl adjacent to an activating group) is 1. The van der Waals surface area contributed by atoms with Crippen LogP contribution in [0.15, 0.2) is 0 Å². The lowest BCUT2D eigenvalue weighted by molar-refractivity contribution is 0.544. The summed E-state index contributed by atoms with van der Waals surface area (Å²) in [6.07, 6.45) is 0. The highest BCUT2D eigenvalue weighted by Gasteiger charge is 1.97. The summed E-state index contributed by atoms with van der Waals surface area (Å²) < 4.78 is 0. The highest BCUT2D eigenvalue weighted by Crippen LogP contribution is 1.71. The van der Waals surface area contributed by atoms with Crippen LogP contribution < -0.4 is 16.8 Å². The van der Waals surface area contributed by atoms with Crippen molar-refractivity contribution in [1.82, 2.24) is 5.32 Å². The minimum absolute atomic E-state index is 0.306. The molecule has 0 aromatic carbocycles. The SMILES string of the molecule is CCNC(CN)CN. The summed E-state index contributed by atoms with van der Waals surface area (Å²) in [5, 5.41) is 3.13. The second-order valence-electron chi connectivity index (χ2n) is 1.73. The molecule has 3 heteroatoms. The fourth-order valence-corrected chi connectivity index (χ4v) is 0.552. The normalized spacial score (nSPS) is 10.5. The maximum Gasteiger partial charge on any atom is 0.0312 e. The van der Waals surface area contributed by atoms with Gasteiger partial charge in [-0.3, -0.25) is 0 Å². The molecule has 3 nitrogen and oxygen atoms in total. The van der Waals surface area contributed by atoms with Gasteiger partial charge in [-0.1, -0.05) is 6.92 Å². The summed E-state index contributed by atoms with van der Waals surface area (Å²) in [4.78, 5) is 0. The molecule has 5 N–H and O–H groups in total. The third kappa shape index (κ3) is 2.96. The van der Waals surface area contributed by atoms with Crippen LogP contribution in [0.25, 0.3) is 0 Å². The van der Waals surface area contributed by atoms with Gasteiger partial charge >= 0.3 is 0 Å². The van der Waals surface area contributed by atoms with Crippen molar-refractivity contribution < 1.29 is 0 Å². The highest BCUT2D eigenvalue weighted by atomic mass is 14.9. The first kappa shape index (κ1) is 7.88. The van der Waals surface area contributed by atoms with Crippen LogP contribution >= 0.6 is 0 Å². The van der Waals surface area contributed by atoms with E-state index in [4.69, 9.17) is 11.5 Å². The monoisotopic (exact) mass is 117 g/mol. The Labute approximate surface area is 50.4 Å². The van der Waals surface area contributed by atoms with Gasteiger partial charge in [0.2, 0.25) is 0 Å². The maximum atomic E-state index is 5.33. The van der Waals surface area contributed by atoms with Gasteiger partial charge in [-0.15, -0.1) is 0 Å². The van der Waals surface area contributed by atoms with Gasteiger partial charge in [0.25, 0.3) is 0 Å². The lowest BCUT2D eigenvalue weighted by atomic mass is 10.3. The molecule has 0 fully saturated rings. The Bertz CT molecular complexity index is 42.9. The zero-order chi connectivity index (χ0) is 6.41. The van der Waals surface area contributed by atoms with Gasteiger partial charge in [-0.25, -0.2) is 0 Å². The average Bonchev–Trinajstić information content (AvgIpc) is 1.83. The summed E-state index contributed by atoms with van der Waals surface area (Å²) in [5.74, 6) is 0. The third-order valence-electron chi connectivity index (χ3n) is 1.06. The number of hydrogen-bond donors (Lipinski definition) is 3. The smallest absolute Gasteiger partial charge is 0.0312 e. The molecule has 50 valence electrons. The summed E-state index contributed by atoms with van der Waals surface area (Å²) in [6.45, 7) is 4.24. The molecule has 0 saturated heterocycles. The first-order valence-corrected chi connectivity index (χ1v) is 2.98. The van der Waals surface area contributed by atoms with Crippen molar-refractivity contribution in [1.29, 1.82) is 0 Å². The quantitative estimate of drug-likeness (QED) is 0.437. The van der Waals surface area contributed by atoms with Crippen LogP contribution in [0, 0.1) is 0 Å². The molecule has 0 aliphatic rings. The molecule has 0 aromatic heterocycles. The zero-order valence-corrected chi connectivity index (χ0v) is 5.35. The molecule has 0 saturated carbocycles. The molecule has 0 radical (unpaired) electrons. The van der Waals surface area contributed by atoms with Gasteiger partial charge in [0.05, 0.1) is 0 Å². The van der Waals surface area contributed by atoms with Crippen molar-refractivity contribution in [2.45, 2.75) is 13.0 Å². The van der Waals surface area contributed by atoms with Crippen molar-refractivity contribution in [3.8, 4) is 0 Å². The Balaban J connectivity index is 3.07. The number of nitrogens with one attached hydrogen (secondary N) is 1. The first-order valence-electron chi connectivity index (χ1n) is 2.98. The second kappa shape index (κ2) is 5.03. The van der Waals surface area contributed by atoms with Crippen LogP contribution in [0.2, 0.25) is 0 Å². The Morgan fingerprint density at radius 1 is 1.38 bits per heavy atom. The van der Waals surface area contributed by atoms with Crippen LogP contribution in [0.3, 0.4) is 0 Å². The first-order chi connectivity index (χ1) is 3.85. The van der Waals surface area contributed by atoms with Crippen LogP contribution in [-0.4, -0.2) is 25.7 Å². The fraction of sp³-hybridized carbons (Fsp3) is 1.00. The minimum Gasteiger partial charge on any atom is -0.329 e. The highest BCUT2D eigenvalue weighted by molar-refractivity contribution is 4.65. The number of hydrogen-bond acceptors (Lipinski definition) is 3. The minimum atomic E-state index is 0.306. The Kier molecular flexibility index (Phi) is 4.95. The van der Waals surface area contributed by atoms with E-state index in [9.17, 15) is 0 Å². The fourth-order valence-electron chi connectivity index (χ4n) is 0.552. The molecule has 0 atom stereocenters.